The minimum absolute atomic E-state index is 0.225. The van der Waals surface area contributed by atoms with Crippen LogP contribution in [0.4, 0.5) is 5.69 Å². The second-order valence-corrected chi connectivity index (χ2v) is 6.75. The van der Waals surface area contributed by atoms with Gasteiger partial charge in [-0.2, -0.15) is 0 Å². The molecule has 0 bridgehead atoms. The minimum Gasteiger partial charge on any atom is -0.370 e. The molecule has 2 N–H and O–H groups in total. The Hall–Kier alpha value is -0.770. The lowest BCUT2D eigenvalue weighted by Crippen LogP contribution is -2.42. The quantitative estimate of drug-likeness (QED) is 0.907. The van der Waals surface area contributed by atoms with Gasteiger partial charge < -0.3 is 15.5 Å². The number of benzene rings is 1. The highest BCUT2D eigenvalue weighted by atomic mass is 35.5. The van der Waals surface area contributed by atoms with Gasteiger partial charge in [-0.15, -0.1) is 0 Å². The Balaban J connectivity index is 2.01. The van der Waals surface area contributed by atoms with Crippen molar-refractivity contribution < 1.29 is 0 Å². The van der Waals surface area contributed by atoms with Crippen molar-refractivity contribution in [2.75, 3.05) is 32.1 Å². The van der Waals surface area contributed by atoms with Gasteiger partial charge >= 0.3 is 0 Å². The highest BCUT2D eigenvalue weighted by Crippen LogP contribution is 2.30. The zero-order chi connectivity index (χ0) is 15.4. The van der Waals surface area contributed by atoms with Crippen molar-refractivity contribution in [1.82, 2.24) is 4.90 Å². The van der Waals surface area contributed by atoms with Crippen LogP contribution in [0, 0.1) is 0 Å². The van der Waals surface area contributed by atoms with E-state index in [-0.39, 0.29) is 6.04 Å². The number of nitrogens with two attached hydrogens (primary N) is 1. The normalized spacial score (nSPS) is 18.3. The molecular formula is C17H28ClN3. The van der Waals surface area contributed by atoms with E-state index in [9.17, 15) is 0 Å². The lowest BCUT2D eigenvalue weighted by Gasteiger charge is -2.37. The van der Waals surface area contributed by atoms with Gasteiger partial charge in [-0.1, -0.05) is 24.6 Å². The summed E-state index contributed by atoms with van der Waals surface area (Å²) in [5.74, 6) is 0. The first-order valence-electron chi connectivity index (χ1n) is 7.96. The lowest BCUT2D eigenvalue weighted by atomic mass is 10.0. The molecular weight excluding hydrogens is 282 g/mol. The van der Waals surface area contributed by atoms with Gasteiger partial charge in [-0.05, 0) is 57.5 Å². The van der Waals surface area contributed by atoms with Crippen LogP contribution in [-0.4, -0.2) is 44.2 Å². The number of piperidine rings is 1. The van der Waals surface area contributed by atoms with E-state index < -0.39 is 0 Å². The summed E-state index contributed by atoms with van der Waals surface area (Å²) in [5, 5.41) is 0.860. The van der Waals surface area contributed by atoms with E-state index in [0.717, 1.165) is 31.0 Å². The maximum atomic E-state index is 6.50. The second-order valence-electron chi connectivity index (χ2n) is 6.34. The summed E-state index contributed by atoms with van der Waals surface area (Å²) in [6, 6.07) is 7.35. The molecule has 1 atom stereocenters. The third kappa shape index (κ3) is 4.35. The fourth-order valence-electron chi connectivity index (χ4n) is 3.00. The summed E-state index contributed by atoms with van der Waals surface area (Å²) in [7, 11) is 4.33. The first-order valence-corrected chi connectivity index (χ1v) is 8.34. The van der Waals surface area contributed by atoms with E-state index >= 15 is 0 Å². The van der Waals surface area contributed by atoms with Gasteiger partial charge in [0.1, 0.15) is 0 Å². The molecule has 0 spiro atoms. The average molecular weight is 310 g/mol. The molecule has 0 aromatic heterocycles. The highest BCUT2D eigenvalue weighted by molar-refractivity contribution is 6.33. The van der Waals surface area contributed by atoms with Crippen molar-refractivity contribution in [3.63, 3.8) is 0 Å². The largest absolute Gasteiger partial charge is 0.370 e. The molecule has 3 nitrogen and oxygen atoms in total. The molecule has 1 aliphatic rings. The number of nitrogens with zero attached hydrogens (tertiary/aromatic N) is 2. The summed E-state index contributed by atoms with van der Waals surface area (Å²) in [6.07, 6.45) is 4.30. The Morgan fingerprint density at radius 3 is 2.52 bits per heavy atom. The standard InChI is InChI=1S/C17H28ClN3/c1-4-14(19)11-13-5-6-17(16(18)12-13)21-9-7-15(8-10-21)20(2)3/h5-6,12,14-15H,4,7-11,19H2,1-3H3. The summed E-state index contributed by atoms with van der Waals surface area (Å²) in [6.45, 7) is 4.28. The van der Waals surface area contributed by atoms with Crippen molar-refractivity contribution in [2.24, 2.45) is 5.73 Å². The third-order valence-electron chi connectivity index (χ3n) is 4.57. The predicted octanol–water partition coefficient (Wildman–Crippen LogP) is 3.15. The van der Waals surface area contributed by atoms with Gasteiger partial charge in [0, 0.05) is 25.2 Å². The van der Waals surface area contributed by atoms with Crippen LogP contribution in [0.2, 0.25) is 5.02 Å². The summed E-state index contributed by atoms with van der Waals surface area (Å²) in [5.41, 5.74) is 8.43. The maximum absolute atomic E-state index is 6.50. The summed E-state index contributed by atoms with van der Waals surface area (Å²) in [4.78, 5) is 4.74. The smallest absolute Gasteiger partial charge is 0.0642 e. The SMILES string of the molecule is CCC(N)Cc1ccc(N2CCC(N(C)C)CC2)c(Cl)c1. The van der Waals surface area contributed by atoms with Gasteiger partial charge in [0.05, 0.1) is 10.7 Å². The third-order valence-corrected chi connectivity index (χ3v) is 4.87. The summed E-state index contributed by atoms with van der Waals surface area (Å²) < 4.78 is 0. The molecule has 0 aliphatic carbocycles. The lowest BCUT2D eigenvalue weighted by molar-refractivity contribution is 0.249. The van der Waals surface area contributed by atoms with Crippen molar-refractivity contribution in [1.29, 1.82) is 0 Å². The molecule has 1 heterocycles. The van der Waals surface area contributed by atoms with Crippen molar-refractivity contribution >= 4 is 17.3 Å². The molecule has 0 saturated carbocycles. The van der Waals surface area contributed by atoms with Gasteiger partial charge in [0.2, 0.25) is 0 Å². The Bertz CT molecular complexity index is 453. The molecule has 1 aromatic carbocycles. The van der Waals surface area contributed by atoms with Crippen LogP contribution in [0.25, 0.3) is 0 Å². The molecule has 1 fully saturated rings. The van der Waals surface area contributed by atoms with E-state index in [1.807, 2.05) is 0 Å². The van der Waals surface area contributed by atoms with Gasteiger partial charge in [0.15, 0.2) is 0 Å². The fraction of sp³-hybridized carbons (Fsp3) is 0.647. The fourth-order valence-corrected chi connectivity index (χ4v) is 3.33. The number of anilines is 1. The molecule has 0 amide bonds. The number of hydrogen-bond acceptors (Lipinski definition) is 3. The Kier molecular flexibility index (Phi) is 5.91. The second kappa shape index (κ2) is 7.48. The molecule has 21 heavy (non-hydrogen) atoms. The van der Waals surface area contributed by atoms with Crippen LogP contribution in [0.5, 0.6) is 0 Å². The van der Waals surface area contributed by atoms with E-state index in [1.165, 1.54) is 24.1 Å². The molecule has 1 aliphatic heterocycles. The van der Waals surface area contributed by atoms with Gasteiger partial charge in [-0.3, -0.25) is 0 Å². The van der Waals surface area contributed by atoms with E-state index in [2.05, 4.69) is 49.0 Å². The number of rotatable bonds is 5. The number of halogens is 1. The highest BCUT2D eigenvalue weighted by Gasteiger charge is 2.22. The molecule has 4 heteroatoms. The van der Waals surface area contributed by atoms with E-state index in [0.29, 0.717) is 6.04 Å². The van der Waals surface area contributed by atoms with Crippen molar-refractivity contribution in [3.05, 3.63) is 28.8 Å². The molecule has 1 saturated heterocycles. The van der Waals surface area contributed by atoms with Crippen LogP contribution in [0.1, 0.15) is 31.7 Å². The monoisotopic (exact) mass is 309 g/mol. The molecule has 1 unspecified atom stereocenters. The number of hydrogen-bond donors (Lipinski definition) is 1. The Labute approximate surface area is 134 Å². The van der Waals surface area contributed by atoms with Crippen LogP contribution < -0.4 is 10.6 Å². The van der Waals surface area contributed by atoms with Crippen LogP contribution in [0.15, 0.2) is 18.2 Å². The first kappa shape index (κ1) is 16.6. The van der Waals surface area contributed by atoms with Gasteiger partial charge in [-0.25, -0.2) is 0 Å². The zero-order valence-electron chi connectivity index (χ0n) is 13.5. The van der Waals surface area contributed by atoms with E-state index in [1.54, 1.807) is 0 Å². The predicted molar refractivity (Wildman–Crippen MR) is 92.3 cm³/mol. The van der Waals surface area contributed by atoms with Crippen LogP contribution in [-0.2, 0) is 6.42 Å². The molecule has 2 rings (SSSR count). The molecule has 0 radical (unpaired) electrons. The first-order chi connectivity index (χ1) is 10.0. The topological polar surface area (TPSA) is 32.5 Å². The Morgan fingerprint density at radius 2 is 2.00 bits per heavy atom. The average Bonchev–Trinajstić information content (AvgIpc) is 2.47. The van der Waals surface area contributed by atoms with Gasteiger partial charge in [0.25, 0.3) is 0 Å². The minimum atomic E-state index is 0.225. The van der Waals surface area contributed by atoms with Crippen LogP contribution in [0.3, 0.4) is 0 Å². The van der Waals surface area contributed by atoms with E-state index in [4.69, 9.17) is 17.3 Å². The molecule has 1 aromatic rings. The van der Waals surface area contributed by atoms with Crippen molar-refractivity contribution in [2.45, 2.75) is 44.7 Å². The van der Waals surface area contributed by atoms with Crippen LogP contribution >= 0.6 is 11.6 Å². The Morgan fingerprint density at radius 1 is 1.33 bits per heavy atom. The van der Waals surface area contributed by atoms with Crippen molar-refractivity contribution in [3.8, 4) is 0 Å². The molecule has 118 valence electrons. The zero-order valence-corrected chi connectivity index (χ0v) is 14.2. The maximum Gasteiger partial charge on any atom is 0.0642 e. The summed E-state index contributed by atoms with van der Waals surface area (Å²) >= 11 is 6.50.